The van der Waals surface area contributed by atoms with Crippen LogP contribution in [0.3, 0.4) is 0 Å². The minimum atomic E-state index is -0.354. The lowest BCUT2D eigenvalue weighted by atomic mass is 10.8. The Labute approximate surface area is 61.8 Å². The predicted octanol–water partition coefficient (Wildman–Crippen LogP) is 0.252. The number of nitrogens with two attached hydrogens (primary N) is 1. The molecule has 0 bridgehead atoms. The first-order valence-corrected chi connectivity index (χ1v) is 3.59. The molecule has 0 aliphatic rings. The van der Waals surface area contributed by atoms with E-state index in [9.17, 15) is 4.79 Å². The van der Waals surface area contributed by atoms with Crippen molar-refractivity contribution in [2.45, 2.75) is 5.03 Å². The molecule has 0 atom stereocenters. The quantitative estimate of drug-likeness (QED) is 0.640. The number of nitrogens with zero attached hydrogens (tertiary/aromatic N) is 1. The van der Waals surface area contributed by atoms with Crippen molar-refractivity contribution in [1.29, 1.82) is 0 Å². The van der Waals surface area contributed by atoms with E-state index in [4.69, 9.17) is 5.73 Å². The van der Waals surface area contributed by atoms with Crippen LogP contribution in [0.25, 0.3) is 0 Å². The average molecular weight is 158 g/mol. The number of aromatic nitrogens is 1. The highest BCUT2D eigenvalue weighted by molar-refractivity contribution is 7.99. The van der Waals surface area contributed by atoms with Crippen molar-refractivity contribution in [1.82, 2.24) is 5.16 Å². The molecule has 10 heavy (non-hydrogen) atoms. The van der Waals surface area contributed by atoms with Gasteiger partial charge in [-0.15, -0.1) is 0 Å². The molecule has 5 heteroatoms. The van der Waals surface area contributed by atoms with Crippen LogP contribution in [-0.4, -0.2) is 16.8 Å². The molecule has 1 rings (SSSR count). The second-order valence-electron chi connectivity index (χ2n) is 1.59. The van der Waals surface area contributed by atoms with E-state index in [1.807, 2.05) is 0 Å². The van der Waals surface area contributed by atoms with Crippen molar-refractivity contribution in [3.63, 3.8) is 0 Å². The van der Waals surface area contributed by atoms with Crippen LogP contribution in [0, 0.1) is 0 Å². The highest BCUT2D eigenvalue weighted by Crippen LogP contribution is 2.13. The standard InChI is InChI=1S/C5H6N2O2S/c6-4(8)3-10-5-1-2-9-7-5/h1-2H,3H2,(H2,6,8). The van der Waals surface area contributed by atoms with Crippen LogP contribution in [0.1, 0.15) is 0 Å². The first kappa shape index (κ1) is 7.14. The summed E-state index contributed by atoms with van der Waals surface area (Å²) in [5.41, 5.74) is 4.89. The largest absolute Gasteiger partial charge is 0.369 e. The van der Waals surface area contributed by atoms with Crippen LogP contribution in [0.15, 0.2) is 21.9 Å². The fourth-order valence-electron chi connectivity index (χ4n) is 0.421. The van der Waals surface area contributed by atoms with Gasteiger partial charge in [-0.25, -0.2) is 0 Å². The number of primary amides is 1. The second kappa shape index (κ2) is 3.26. The maximum Gasteiger partial charge on any atom is 0.227 e. The van der Waals surface area contributed by atoms with Gasteiger partial charge in [0.1, 0.15) is 11.3 Å². The summed E-state index contributed by atoms with van der Waals surface area (Å²) in [5.74, 6) is -0.111. The lowest BCUT2D eigenvalue weighted by molar-refractivity contribution is -0.115. The first-order chi connectivity index (χ1) is 4.79. The Hall–Kier alpha value is -0.970. The Morgan fingerprint density at radius 1 is 1.90 bits per heavy atom. The minimum absolute atomic E-state index is 0.243. The van der Waals surface area contributed by atoms with Gasteiger partial charge >= 0.3 is 0 Å². The number of amides is 1. The molecule has 0 unspecified atom stereocenters. The fourth-order valence-corrected chi connectivity index (χ4v) is 0.959. The topological polar surface area (TPSA) is 69.1 Å². The number of hydrogen-bond donors (Lipinski definition) is 1. The van der Waals surface area contributed by atoms with E-state index in [-0.39, 0.29) is 11.7 Å². The van der Waals surface area contributed by atoms with Crippen molar-refractivity contribution in [3.05, 3.63) is 12.3 Å². The zero-order valence-electron chi connectivity index (χ0n) is 5.11. The SMILES string of the molecule is NC(=O)CSc1ccon1. The summed E-state index contributed by atoms with van der Waals surface area (Å²) in [6.45, 7) is 0. The highest BCUT2D eigenvalue weighted by Gasteiger charge is 1.98. The summed E-state index contributed by atoms with van der Waals surface area (Å²) >= 11 is 1.26. The number of thioether (sulfide) groups is 1. The summed E-state index contributed by atoms with van der Waals surface area (Å²) in [6.07, 6.45) is 1.45. The molecule has 2 N–H and O–H groups in total. The molecule has 1 aromatic heterocycles. The summed E-state index contributed by atoms with van der Waals surface area (Å²) in [7, 11) is 0. The van der Waals surface area contributed by atoms with Gasteiger partial charge in [-0.3, -0.25) is 4.79 Å². The van der Waals surface area contributed by atoms with Gasteiger partial charge in [0.2, 0.25) is 5.91 Å². The summed E-state index contributed by atoms with van der Waals surface area (Å²) in [4.78, 5) is 10.2. The lowest BCUT2D eigenvalue weighted by Gasteiger charge is -1.88. The average Bonchev–Trinajstić information content (AvgIpc) is 2.34. The Kier molecular flexibility index (Phi) is 2.33. The maximum absolute atomic E-state index is 10.2. The van der Waals surface area contributed by atoms with E-state index in [1.165, 1.54) is 18.0 Å². The van der Waals surface area contributed by atoms with Crippen LogP contribution in [0.4, 0.5) is 0 Å². The van der Waals surface area contributed by atoms with E-state index < -0.39 is 0 Å². The number of rotatable bonds is 3. The Balaban J connectivity index is 2.35. The highest BCUT2D eigenvalue weighted by atomic mass is 32.2. The third-order valence-electron chi connectivity index (χ3n) is 0.776. The molecule has 1 aromatic rings. The Morgan fingerprint density at radius 2 is 2.70 bits per heavy atom. The van der Waals surface area contributed by atoms with Gasteiger partial charge in [0, 0.05) is 6.07 Å². The van der Waals surface area contributed by atoms with Gasteiger partial charge in [-0.05, 0) is 0 Å². The maximum atomic E-state index is 10.2. The fraction of sp³-hybridized carbons (Fsp3) is 0.200. The number of carbonyl (C=O) groups excluding carboxylic acids is 1. The van der Waals surface area contributed by atoms with Crippen LogP contribution in [0.5, 0.6) is 0 Å². The van der Waals surface area contributed by atoms with Crippen LogP contribution >= 0.6 is 11.8 Å². The third kappa shape index (κ3) is 2.10. The van der Waals surface area contributed by atoms with Gasteiger partial charge in [0.25, 0.3) is 0 Å². The first-order valence-electron chi connectivity index (χ1n) is 2.60. The predicted molar refractivity (Wildman–Crippen MR) is 36.4 cm³/mol. The zero-order chi connectivity index (χ0) is 7.40. The summed E-state index contributed by atoms with van der Waals surface area (Å²) < 4.78 is 4.52. The molecule has 1 amide bonds. The molecular weight excluding hydrogens is 152 g/mol. The van der Waals surface area contributed by atoms with Gasteiger partial charge in [-0.2, -0.15) is 0 Å². The summed E-state index contributed by atoms with van der Waals surface area (Å²) in [6, 6.07) is 1.67. The van der Waals surface area contributed by atoms with Crippen LogP contribution in [-0.2, 0) is 4.79 Å². The molecule has 0 fully saturated rings. The van der Waals surface area contributed by atoms with E-state index in [1.54, 1.807) is 6.07 Å². The van der Waals surface area contributed by atoms with Crippen molar-refractivity contribution >= 4 is 17.7 Å². The lowest BCUT2D eigenvalue weighted by Crippen LogP contribution is -2.12. The van der Waals surface area contributed by atoms with E-state index in [2.05, 4.69) is 9.68 Å². The number of hydrogen-bond acceptors (Lipinski definition) is 4. The molecule has 0 spiro atoms. The molecule has 0 saturated carbocycles. The molecule has 1 heterocycles. The molecule has 0 saturated heterocycles. The van der Waals surface area contributed by atoms with Gasteiger partial charge in [-0.1, -0.05) is 16.9 Å². The molecular formula is C5H6N2O2S. The van der Waals surface area contributed by atoms with Crippen molar-refractivity contribution in [3.8, 4) is 0 Å². The van der Waals surface area contributed by atoms with Gasteiger partial charge < -0.3 is 10.3 Å². The molecule has 54 valence electrons. The van der Waals surface area contributed by atoms with Crippen molar-refractivity contribution in [2.75, 3.05) is 5.75 Å². The molecule has 0 aliphatic heterocycles. The molecule has 4 nitrogen and oxygen atoms in total. The van der Waals surface area contributed by atoms with Crippen molar-refractivity contribution in [2.24, 2.45) is 5.73 Å². The van der Waals surface area contributed by atoms with Gasteiger partial charge in [0.15, 0.2) is 0 Å². The smallest absolute Gasteiger partial charge is 0.227 e. The zero-order valence-corrected chi connectivity index (χ0v) is 5.93. The second-order valence-corrected chi connectivity index (χ2v) is 2.59. The van der Waals surface area contributed by atoms with E-state index in [0.29, 0.717) is 5.03 Å². The minimum Gasteiger partial charge on any atom is -0.369 e. The van der Waals surface area contributed by atoms with Crippen molar-refractivity contribution < 1.29 is 9.32 Å². The molecule has 0 radical (unpaired) electrons. The summed E-state index contributed by atoms with van der Waals surface area (Å²) in [5, 5.41) is 4.25. The van der Waals surface area contributed by atoms with E-state index in [0.717, 1.165) is 0 Å². The number of carbonyl (C=O) groups is 1. The molecule has 0 aliphatic carbocycles. The normalized spacial score (nSPS) is 9.60. The Bertz CT molecular complexity index is 209. The van der Waals surface area contributed by atoms with Crippen LogP contribution in [0.2, 0.25) is 0 Å². The molecule has 0 aromatic carbocycles. The van der Waals surface area contributed by atoms with Crippen LogP contribution < -0.4 is 5.73 Å². The Morgan fingerprint density at radius 3 is 3.20 bits per heavy atom. The van der Waals surface area contributed by atoms with Gasteiger partial charge in [0.05, 0.1) is 5.75 Å². The monoisotopic (exact) mass is 158 g/mol. The third-order valence-corrected chi connectivity index (χ3v) is 1.71. The van der Waals surface area contributed by atoms with E-state index >= 15 is 0 Å².